The molecule has 0 aromatic heterocycles. The van der Waals surface area contributed by atoms with Crippen LogP contribution in [0.5, 0.6) is 0 Å². The van der Waals surface area contributed by atoms with Crippen LogP contribution >= 0.6 is 0 Å². The molecule has 0 heterocycles. The number of aliphatic hydroxyl groups is 1. The highest BCUT2D eigenvalue weighted by atomic mass is 16.3. The summed E-state index contributed by atoms with van der Waals surface area (Å²) in [6.07, 6.45) is -0.263. The molecule has 0 saturated heterocycles. The van der Waals surface area contributed by atoms with E-state index in [1.807, 2.05) is 0 Å². The maximum absolute atomic E-state index is 11.4. The maximum Gasteiger partial charge on any atom is 0.242 e. The number of amides is 1. The summed E-state index contributed by atoms with van der Waals surface area (Å²) in [4.78, 5) is 22.9. The van der Waals surface area contributed by atoms with Crippen molar-refractivity contribution in [3.63, 3.8) is 0 Å². The molecule has 5 nitrogen and oxygen atoms in total. The third-order valence-electron chi connectivity index (χ3n) is 1.96. The average molecular weight is 188 g/mol. The third kappa shape index (κ3) is 3.12. The predicted molar refractivity (Wildman–Crippen MR) is 48.0 cm³/mol. The SMILES string of the molecule is C[C@@H](O)[C@H](N)C(=O)N(C)[C@@H](C)C=O. The zero-order chi connectivity index (χ0) is 10.6. The van der Waals surface area contributed by atoms with E-state index >= 15 is 0 Å². The lowest BCUT2D eigenvalue weighted by Crippen LogP contribution is -2.50. The molecule has 0 spiro atoms. The summed E-state index contributed by atoms with van der Waals surface area (Å²) in [5.74, 6) is -0.436. The Hall–Kier alpha value is -0.940. The first-order valence-electron chi connectivity index (χ1n) is 4.07. The lowest BCUT2D eigenvalue weighted by Gasteiger charge is -2.25. The average Bonchev–Trinajstić information content (AvgIpc) is 2.12. The van der Waals surface area contributed by atoms with Gasteiger partial charge in [0, 0.05) is 7.05 Å². The number of aldehydes is 1. The van der Waals surface area contributed by atoms with Crippen LogP contribution in [0.25, 0.3) is 0 Å². The molecular weight excluding hydrogens is 172 g/mol. The van der Waals surface area contributed by atoms with Gasteiger partial charge in [-0.25, -0.2) is 0 Å². The summed E-state index contributed by atoms with van der Waals surface area (Å²) >= 11 is 0. The summed E-state index contributed by atoms with van der Waals surface area (Å²) in [6, 6.07) is -1.48. The Kier molecular flexibility index (Phi) is 4.58. The summed E-state index contributed by atoms with van der Waals surface area (Å²) in [6.45, 7) is 3.02. The van der Waals surface area contributed by atoms with E-state index in [2.05, 4.69) is 0 Å². The second-order valence-electron chi connectivity index (χ2n) is 3.09. The van der Waals surface area contributed by atoms with Gasteiger partial charge in [0.05, 0.1) is 12.1 Å². The first kappa shape index (κ1) is 12.1. The normalized spacial score (nSPS) is 17.3. The minimum Gasteiger partial charge on any atom is -0.391 e. The Morgan fingerprint density at radius 2 is 2.00 bits per heavy atom. The van der Waals surface area contributed by atoms with Crippen LogP contribution < -0.4 is 5.73 Å². The quantitative estimate of drug-likeness (QED) is 0.539. The molecule has 13 heavy (non-hydrogen) atoms. The molecule has 0 aliphatic heterocycles. The number of rotatable bonds is 4. The number of carbonyl (C=O) groups excluding carboxylic acids is 2. The number of aliphatic hydroxyl groups excluding tert-OH is 1. The molecule has 0 bridgehead atoms. The highest BCUT2D eigenvalue weighted by Crippen LogP contribution is 1.99. The molecule has 0 rings (SSSR count). The topological polar surface area (TPSA) is 83.6 Å². The van der Waals surface area contributed by atoms with Gasteiger partial charge in [-0.2, -0.15) is 0 Å². The maximum atomic E-state index is 11.4. The van der Waals surface area contributed by atoms with Crippen LogP contribution in [-0.2, 0) is 9.59 Å². The van der Waals surface area contributed by atoms with E-state index in [0.717, 1.165) is 0 Å². The number of nitrogens with zero attached hydrogens (tertiary/aromatic N) is 1. The van der Waals surface area contributed by atoms with Crippen molar-refractivity contribution in [2.75, 3.05) is 7.05 Å². The first-order valence-corrected chi connectivity index (χ1v) is 4.07. The zero-order valence-corrected chi connectivity index (χ0v) is 8.10. The zero-order valence-electron chi connectivity index (χ0n) is 8.10. The minimum absolute atomic E-state index is 0.436. The van der Waals surface area contributed by atoms with Gasteiger partial charge < -0.3 is 20.5 Å². The van der Waals surface area contributed by atoms with Crippen molar-refractivity contribution in [3.8, 4) is 0 Å². The van der Waals surface area contributed by atoms with Crippen LogP contribution in [-0.4, -0.2) is 47.4 Å². The monoisotopic (exact) mass is 188 g/mol. The van der Waals surface area contributed by atoms with E-state index in [4.69, 9.17) is 10.8 Å². The molecule has 0 aliphatic carbocycles. The molecule has 0 fully saturated rings. The molecule has 0 unspecified atom stereocenters. The van der Waals surface area contributed by atoms with Gasteiger partial charge in [0.2, 0.25) is 5.91 Å². The van der Waals surface area contributed by atoms with Crippen molar-refractivity contribution in [2.45, 2.75) is 32.0 Å². The largest absolute Gasteiger partial charge is 0.391 e. The lowest BCUT2D eigenvalue weighted by molar-refractivity contribution is -0.137. The molecule has 0 aliphatic rings. The molecule has 5 heteroatoms. The fourth-order valence-corrected chi connectivity index (χ4v) is 0.733. The van der Waals surface area contributed by atoms with Gasteiger partial charge in [-0.15, -0.1) is 0 Å². The van der Waals surface area contributed by atoms with Gasteiger partial charge in [0.15, 0.2) is 0 Å². The molecule has 0 aromatic rings. The smallest absolute Gasteiger partial charge is 0.242 e. The summed E-state index contributed by atoms with van der Waals surface area (Å²) in [7, 11) is 1.48. The van der Waals surface area contributed by atoms with Gasteiger partial charge in [0.1, 0.15) is 12.3 Å². The van der Waals surface area contributed by atoms with Crippen LogP contribution in [0.3, 0.4) is 0 Å². The summed E-state index contributed by atoms with van der Waals surface area (Å²) < 4.78 is 0. The molecule has 0 aromatic carbocycles. The molecule has 76 valence electrons. The first-order chi connectivity index (χ1) is 5.91. The van der Waals surface area contributed by atoms with E-state index in [1.54, 1.807) is 6.92 Å². The van der Waals surface area contributed by atoms with E-state index in [0.29, 0.717) is 6.29 Å². The molecule has 0 saturated carbocycles. The van der Waals surface area contributed by atoms with E-state index in [-0.39, 0.29) is 0 Å². The van der Waals surface area contributed by atoms with E-state index in [9.17, 15) is 9.59 Å². The number of hydrogen-bond acceptors (Lipinski definition) is 4. The summed E-state index contributed by atoms with van der Waals surface area (Å²) in [5.41, 5.74) is 5.40. The number of carbonyl (C=O) groups is 2. The Morgan fingerprint density at radius 1 is 1.54 bits per heavy atom. The van der Waals surface area contributed by atoms with E-state index < -0.39 is 24.1 Å². The van der Waals surface area contributed by atoms with Crippen molar-refractivity contribution < 1.29 is 14.7 Å². The molecule has 3 N–H and O–H groups in total. The molecule has 3 atom stereocenters. The molecule has 0 radical (unpaired) electrons. The highest BCUT2D eigenvalue weighted by molar-refractivity contribution is 5.84. The van der Waals surface area contributed by atoms with Crippen molar-refractivity contribution in [1.82, 2.24) is 4.90 Å². The highest BCUT2D eigenvalue weighted by Gasteiger charge is 2.24. The third-order valence-corrected chi connectivity index (χ3v) is 1.96. The Bertz CT molecular complexity index is 194. The van der Waals surface area contributed by atoms with Gasteiger partial charge in [-0.3, -0.25) is 4.79 Å². The van der Waals surface area contributed by atoms with Crippen LogP contribution in [0, 0.1) is 0 Å². The fraction of sp³-hybridized carbons (Fsp3) is 0.750. The minimum atomic E-state index is -0.965. The van der Waals surface area contributed by atoms with Gasteiger partial charge in [0.25, 0.3) is 0 Å². The van der Waals surface area contributed by atoms with Crippen molar-refractivity contribution in [1.29, 1.82) is 0 Å². The van der Waals surface area contributed by atoms with E-state index in [1.165, 1.54) is 18.9 Å². The summed E-state index contributed by atoms with van der Waals surface area (Å²) in [5, 5.41) is 9.03. The lowest BCUT2D eigenvalue weighted by atomic mass is 10.1. The van der Waals surface area contributed by atoms with Crippen LogP contribution in [0.2, 0.25) is 0 Å². The van der Waals surface area contributed by atoms with Gasteiger partial charge >= 0.3 is 0 Å². The fourth-order valence-electron chi connectivity index (χ4n) is 0.733. The Labute approximate surface area is 77.5 Å². The molecular formula is C8H16N2O3. The van der Waals surface area contributed by atoms with Gasteiger partial charge in [-0.1, -0.05) is 0 Å². The van der Waals surface area contributed by atoms with Crippen LogP contribution in [0.4, 0.5) is 0 Å². The molecule has 1 amide bonds. The number of hydrogen-bond donors (Lipinski definition) is 2. The van der Waals surface area contributed by atoms with Crippen molar-refractivity contribution in [2.24, 2.45) is 5.73 Å². The Morgan fingerprint density at radius 3 is 2.31 bits per heavy atom. The van der Waals surface area contributed by atoms with Crippen molar-refractivity contribution in [3.05, 3.63) is 0 Å². The number of nitrogens with two attached hydrogens (primary N) is 1. The van der Waals surface area contributed by atoms with Crippen molar-refractivity contribution >= 4 is 12.2 Å². The van der Waals surface area contributed by atoms with Crippen LogP contribution in [0.15, 0.2) is 0 Å². The second kappa shape index (κ2) is 4.94. The Balaban J connectivity index is 4.33. The predicted octanol–water partition coefficient (Wildman–Crippen LogP) is -1.26. The second-order valence-corrected chi connectivity index (χ2v) is 3.09. The number of likely N-dealkylation sites (N-methyl/N-ethyl adjacent to an activating group) is 1. The standard InChI is InChI=1S/C8H16N2O3/c1-5(4-11)10(3)8(13)7(9)6(2)12/h4-7,12H,9H2,1-3H3/t5-,6+,7-/m0/s1. The van der Waals surface area contributed by atoms with Crippen LogP contribution in [0.1, 0.15) is 13.8 Å². The van der Waals surface area contributed by atoms with Gasteiger partial charge in [-0.05, 0) is 13.8 Å².